The molecule has 8 nitrogen and oxygen atoms in total. The summed E-state index contributed by atoms with van der Waals surface area (Å²) in [5.74, 6) is -0.669. The number of nitrogens with zero attached hydrogens (tertiary/aromatic N) is 4. The van der Waals surface area contributed by atoms with Crippen LogP contribution in [0, 0.1) is 6.92 Å². The van der Waals surface area contributed by atoms with E-state index in [-0.39, 0.29) is 11.9 Å². The smallest absolute Gasteiger partial charge is 0.348 e. The molecule has 0 saturated carbocycles. The number of hydrogen-bond donors (Lipinski definition) is 1. The summed E-state index contributed by atoms with van der Waals surface area (Å²) in [6.07, 6.45) is 1.45. The van der Waals surface area contributed by atoms with E-state index in [2.05, 4.69) is 20.8 Å². The first-order chi connectivity index (χ1) is 12.1. The van der Waals surface area contributed by atoms with E-state index < -0.39 is 0 Å². The Morgan fingerprint density at radius 1 is 1.32 bits per heavy atom. The highest BCUT2D eigenvalue weighted by Gasteiger charge is 2.16. The van der Waals surface area contributed by atoms with Crippen LogP contribution in [0.25, 0.3) is 5.69 Å². The predicted octanol–water partition coefficient (Wildman–Crippen LogP) is 2.46. The number of carbonyl (C=O) groups is 2. The Hall–Kier alpha value is -3.07. The van der Waals surface area contributed by atoms with Gasteiger partial charge in [0.05, 0.1) is 17.3 Å². The number of nitrogens with one attached hydrogen (secondary N) is 1. The Bertz CT molecular complexity index is 904. The maximum atomic E-state index is 12.5. The van der Waals surface area contributed by atoms with Crippen LogP contribution in [0.1, 0.15) is 32.5 Å². The second-order valence-corrected chi connectivity index (χ2v) is 6.15. The van der Waals surface area contributed by atoms with Crippen molar-refractivity contribution in [3.8, 4) is 5.69 Å². The zero-order valence-electron chi connectivity index (χ0n) is 13.6. The van der Waals surface area contributed by atoms with Crippen LogP contribution in [0.5, 0.6) is 0 Å². The highest BCUT2D eigenvalue weighted by Crippen LogP contribution is 2.28. The van der Waals surface area contributed by atoms with E-state index in [9.17, 15) is 9.59 Å². The molecule has 0 radical (unpaired) electrons. The third-order valence-electron chi connectivity index (χ3n) is 3.34. The van der Waals surface area contributed by atoms with Gasteiger partial charge in [-0.1, -0.05) is 6.07 Å². The first kappa shape index (κ1) is 16.8. The SMILES string of the molecule is CCOC(=O)c1sc(NC(=O)c2cccc(-n3cnnn3)c2)cc1C. The molecule has 0 atom stereocenters. The molecule has 3 rings (SSSR count). The summed E-state index contributed by atoms with van der Waals surface area (Å²) >= 11 is 1.19. The Morgan fingerprint density at radius 3 is 2.88 bits per heavy atom. The first-order valence-electron chi connectivity index (χ1n) is 7.51. The number of rotatable bonds is 5. The van der Waals surface area contributed by atoms with Crippen LogP contribution in [0.2, 0.25) is 0 Å². The number of ether oxygens (including phenoxy) is 1. The van der Waals surface area contributed by atoms with Gasteiger partial charge in [0.15, 0.2) is 0 Å². The number of hydrogen-bond acceptors (Lipinski definition) is 7. The summed E-state index contributed by atoms with van der Waals surface area (Å²) in [7, 11) is 0. The second kappa shape index (κ2) is 7.22. The van der Waals surface area contributed by atoms with E-state index in [1.807, 2.05) is 0 Å². The summed E-state index contributed by atoms with van der Waals surface area (Å²) in [4.78, 5) is 24.8. The molecule has 2 aromatic heterocycles. The van der Waals surface area contributed by atoms with E-state index in [1.54, 1.807) is 44.2 Å². The van der Waals surface area contributed by atoms with Gasteiger partial charge >= 0.3 is 5.97 Å². The maximum Gasteiger partial charge on any atom is 0.348 e. The standard InChI is InChI=1S/C16H15N5O3S/c1-3-24-16(23)14-10(2)7-13(25-14)18-15(22)11-5-4-6-12(8-11)21-9-17-19-20-21/h4-9H,3H2,1-2H3,(H,18,22). The van der Waals surface area contributed by atoms with Crippen molar-refractivity contribution in [2.45, 2.75) is 13.8 Å². The minimum Gasteiger partial charge on any atom is -0.462 e. The lowest BCUT2D eigenvalue weighted by Crippen LogP contribution is -2.11. The van der Waals surface area contributed by atoms with Crippen LogP contribution in [-0.4, -0.2) is 38.7 Å². The summed E-state index contributed by atoms with van der Waals surface area (Å²) < 4.78 is 6.47. The quantitative estimate of drug-likeness (QED) is 0.704. The zero-order chi connectivity index (χ0) is 17.8. The van der Waals surface area contributed by atoms with Crippen molar-refractivity contribution in [3.63, 3.8) is 0 Å². The van der Waals surface area contributed by atoms with Crippen LogP contribution in [0.4, 0.5) is 5.00 Å². The summed E-state index contributed by atoms with van der Waals surface area (Å²) in [6.45, 7) is 3.86. The average Bonchev–Trinajstić information content (AvgIpc) is 3.25. The van der Waals surface area contributed by atoms with Gasteiger partial charge in [-0.2, -0.15) is 0 Å². The molecule has 0 fully saturated rings. The van der Waals surface area contributed by atoms with Gasteiger partial charge in [0.1, 0.15) is 11.2 Å². The highest BCUT2D eigenvalue weighted by molar-refractivity contribution is 7.18. The lowest BCUT2D eigenvalue weighted by molar-refractivity contribution is 0.0531. The molecular formula is C16H15N5O3S. The van der Waals surface area contributed by atoms with Crippen LogP contribution >= 0.6 is 11.3 Å². The van der Waals surface area contributed by atoms with Gasteiger partial charge in [0.25, 0.3) is 5.91 Å². The molecule has 2 heterocycles. The molecule has 9 heteroatoms. The Kier molecular flexibility index (Phi) is 4.85. The molecule has 0 saturated heterocycles. The molecule has 1 amide bonds. The van der Waals surface area contributed by atoms with Gasteiger partial charge in [-0.25, -0.2) is 9.48 Å². The molecule has 0 unspecified atom stereocenters. The van der Waals surface area contributed by atoms with Gasteiger partial charge < -0.3 is 10.1 Å². The van der Waals surface area contributed by atoms with E-state index >= 15 is 0 Å². The lowest BCUT2D eigenvalue weighted by Gasteiger charge is -2.05. The van der Waals surface area contributed by atoms with E-state index in [0.717, 1.165) is 5.56 Å². The fourth-order valence-electron chi connectivity index (χ4n) is 2.20. The third kappa shape index (κ3) is 3.72. The van der Waals surface area contributed by atoms with Gasteiger partial charge in [-0.05, 0) is 54.1 Å². The summed E-state index contributed by atoms with van der Waals surface area (Å²) in [5.41, 5.74) is 1.89. The first-order valence-corrected chi connectivity index (χ1v) is 8.32. The molecule has 3 aromatic rings. The molecule has 128 valence electrons. The Labute approximate surface area is 147 Å². The van der Waals surface area contributed by atoms with Crippen LogP contribution < -0.4 is 5.32 Å². The molecule has 25 heavy (non-hydrogen) atoms. The molecular weight excluding hydrogens is 342 g/mol. The molecule has 0 aliphatic rings. The topological polar surface area (TPSA) is 99.0 Å². The molecule has 0 aliphatic heterocycles. The number of benzene rings is 1. The number of aryl methyl sites for hydroxylation is 1. The third-order valence-corrected chi connectivity index (χ3v) is 4.47. The van der Waals surface area contributed by atoms with Crippen LogP contribution in [0.15, 0.2) is 36.7 Å². The minimum absolute atomic E-state index is 0.286. The molecule has 0 aliphatic carbocycles. The van der Waals surface area contributed by atoms with Crippen LogP contribution in [0.3, 0.4) is 0 Å². The van der Waals surface area contributed by atoms with Gasteiger partial charge in [-0.3, -0.25) is 4.79 Å². The average molecular weight is 357 g/mol. The number of tetrazole rings is 1. The monoisotopic (exact) mass is 357 g/mol. The predicted molar refractivity (Wildman–Crippen MR) is 92.1 cm³/mol. The fraction of sp³-hybridized carbons (Fsp3) is 0.188. The summed E-state index contributed by atoms with van der Waals surface area (Å²) in [5, 5.41) is 14.3. The van der Waals surface area contributed by atoms with Crippen molar-refractivity contribution >= 4 is 28.2 Å². The van der Waals surface area contributed by atoms with Crippen molar-refractivity contribution in [2.75, 3.05) is 11.9 Å². The van der Waals surface area contributed by atoms with E-state index in [4.69, 9.17) is 4.74 Å². The Morgan fingerprint density at radius 2 is 2.16 bits per heavy atom. The number of aromatic nitrogens is 4. The van der Waals surface area contributed by atoms with Crippen molar-refractivity contribution in [1.82, 2.24) is 20.2 Å². The van der Waals surface area contributed by atoms with Crippen molar-refractivity contribution in [1.29, 1.82) is 0 Å². The molecule has 1 N–H and O–H groups in total. The second-order valence-electron chi connectivity index (χ2n) is 5.10. The van der Waals surface area contributed by atoms with Crippen LogP contribution in [-0.2, 0) is 4.74 Å². The molecule has 0 bridgehead atoms. The number of thiophene rings is 1. The largest absolute Gasteiger partial charge is 0.462 e. The van der Waals surface area contributed by atoms with Gasteiger partial charge in [-0.15, -0.1) is 16.4 Å². The van der Waals surface area contributed by atoms with E-state index in [1.165, 1.54) is 22.3 Å². The Balaban J connectivity index is 1.78. The summed E-state index contributed by atoms with van der Waals surface area (Å²) in [6, 6.07) is 8.66. The van der Waals surface area contributed by atoms with Crippen molar-refractivity contribution in [3.05, 3.63) is 52.7 Å². The lowest BCUT2D eigenvalue weighted by atomic mass is 10.2. The van der Waals surface area contributed by atoms with Crippen molar-refractivity contribution < 1.29 is 14.3 Å². The fourth-order valence-corrected chi connectivity index (χ4v) is 3.16. The van der Waals surface area contributed by atoms with Crippen molar-refractivity contribution in [2.24, 2.45) is 0 Å². The normalized spacial score (nSPS) is 10.5. The zero-order valence-corrected chi connectivity index (χ0v) is 14.4. The molecule has 0 spiro atoms. The maximum absolute atomic E-state index is 12.5. The number of esters is 1. The molecule has 1 aromatic carbocycles. The van der Waals surface area contributed by atoms with E-state index in [0.29, 0.717) is 27.7 Å². The number of amides is 1. The van der Waals surface area contributed by atoms with Gasteiger partial charge in [0, 0.05) is 5.56 Å². The highest BCUT2D eigenvalue weighted by atomic mass is 32.1. The number of anilines is 1. The number of carbonyl (C=O) groups excluding carboxylic acids is 2. The minimum atomic E-state index is -0.383. The van der Waals surface area contributed by atoms with Gasteiger partial charge in [0.2, 0.25) is 0 Å².